The highest BCUT2D eigenvalue weighted by atomic mass is 32.1. The summed E-state index contributed by atoms with van der Waals surface area (Å²) in [6.07, 6.45) is 3.54. The predicted octanol–water partition coefficient (Wildman–Crippen LogP) is 1.51. The molecule has 3 heterocycles. The monoisotopic (exact) mass is 386 g/mol. The van der Waals surface area contributed by atoms with Crippen LogP contribution in [0, 0.1) is 15.5 Å². The molecule has 9 heteroatoms. The summed E-state index contributed by atoms with van der Waals surface area (Å²) in [5, 5.41) is 14.2. The minimum Gasteiger partial charge on any atom is -0.367 e. The standard InChI is InChI=1S/C18H18N4O4S/c23-15-18(16(24)21(11-3-4-11)17(27)19-15)9-10-8-12(22(25)26)5-6-13(10)20-7-1-2-14(18)20/h5-6,8,11,14H,1-4,7,9H2,(H,19,23,27)/t14-,18-/m1/s1. The Morgan fingerprint density at radius 1 is 1.26 bits per heavy atom. The van der Waals surface area contributed by atoms with Gasteiger partial charge in [-0.1, -0.05) is 0 Å². The van der Waals surface area contributed by atoms with Gasteiger partial charge in [-0.3, -0.25) is 24.6 Å². The van der Waals surface area contributed by atoms with E-state index in [2.05, 4.69) is 10.2 Å². The van der Waals surface area contributed by atoms with E-state index >= 15 is 0 Å². The fraction of sp³-hybridized carbons (Fsp3) is 0.500. The van der Waals surface area contributed by atoms with Gasteiger partial charge in [-0.15, -0.1) is 0 Å². The molecule has 1 spiro atoms. The number of carbonyl (C=O) groups excluding carboxylic acids is 2. The van der Waals surface area contributed by atoms with Crippen LogP contribution in [-0.2, 0) is 16.0 Å². The van der Waals surface area contributed by atoms with Crippen LogP contribution in [0.5, 0.6) is 0 Å². The Morgan fingerprint density at radius 2 is 2.04 bits per heavy atom. The van der Waals surface area contributed by atoms with E-state index in [1.165, 1.54) is 12.1 Å². The quantitative estimate of drug-likeness (QED) is 0.358. The van der Waals surface area contributed by atoms with Crippen molar-refractivity contribution < 1.29 is 14.5 Å². The lowest BCUT2D eigenvalue weighted by molar-refractivity contribution is -0.384. The summed E-state index contributed by atoms with van der Waals surface area (Å²) in [6.45, 7) is 0.728. The number of anilines is 1. The Kier molecular flexibility index (Phi) is 3.37. The molecule has 0 aromatic heterocycles. The molecule has 2 amide bonds. The van der Waals surface area contributed by atoms with E-state index in [1.807, 2.05) is 0 Å². The molecule has 3 aliphatic heterocycles. The molecule has 1 aromatic rings. The fourth-order valence-corrected chi connectivity index (χ4v) is 5.20. The molecule has 8 nitrogen and oxygen atoms in total. The average molecular weight is 386 g/mol. The third-order valence-electron chi connectivity index (χ3n) is 6.23. The number of benzene rings is 1. The minimum atomic E-state index is -1.27. The van der Waals surface area contributed by atoms with Crippen molar-refractivity contribution in [2.24, 2.45) is 5.41 Å². The number of hydrogen-bond donors (Lipinski definition) is 1. The molecule has 5 rings (SSSR count). The molecular formula is C18H18N4O4S. The first-order chi connectivity index (χ1) is 12.9. The minimum absolute atomic E-state index is 0.0280. The lowest BCUT2D eigenvalue weighted by Gasteiger charge is -2.50. The Bertz CT molecular complexity index is 915. The second-order valence-corrected chi connectivity index (χ2v) is 8.12. The molecule has 2 saturated heterocycles. The SMILES string of the molecule is O=C1NC(=S)N(C2CC2)C(=O)[C@@]12Cc1cc([N+](=O)[O-])ccc1N1CCC[C@@H]12. The van der Waals surface area contributed by atoms with Crippen LogP contribution in [0.1, 0.15) is 31.2 Å². The number of carbonyl (C=O) groups is 2. The van der Waals surface area contributed by atoms with Crippen molar-refractivity contribution in [2.75, 3.05) is 11.4 Å². The van der Waals surface area contributed by atoms with Gasteiger partial charge in [-0.25, -0.2) is 0 Å². The van der Waals surface area contributed by atoms with E-state index in [0.29, 0.717) is 5.56 Å². The molecule has 0 bridgehead atoms. The van der Waals surface area contributed by atoms with E-state index in [4.69, 9.17) is 12.2 Å². The molecule has 2 atom stereocenters. The van der Waals surface area contributed by atoms with Gasteiger partial charge in [0, 0.05) is 36.8 Å². The van der Waals surface area contributed by atoms with Crippen LogP contribution in [0.15, 0.2) is 18.2 Å². The van der Waals surface area contributed by atoms with Crippen LogP contribution in [-0.4, -0.2) is 45.4 Å². The second kappa shape index (κ2) is 5.48. The second-order valence-electron chi connectivity index (χ2n) is 7.74. The highest BCUT2D eigenvalue weighted by molar-refractivity contribution is 7.80. The van der Waals surface area contributed by atoms with E-state index < -0.39 is 10.3 Å². The Morgan fingerprint density at radius 3 is 2.74 bits per heavy atom. The number of thiocarbonyl (C=S) groups is 1. The molecule has 1 N–H and O–H groups in total. The van der Waals surface area contributed by atoms with Gasteiger partial charge in [0.15, 0.2) is 10.5 Å². The van der Waals surface area contributed by atoms with Gasteiger partial charge in [0.1, 0.15) is 0 Å². The van der Waals surface area contributed by atoms with Crippen molar-refractivity contribution in [3.63, 3.8) is 0 Å². The zero-order valence-electron chi connectivity index (χ0n) is 14.5. The number of non-ortho nitro benzene ring substituents is 1. The normalized spacial score (nSPS) is 29.6. The molecule has 1 aliphatic carbocycles. The van der Waals surface area contributed by atoms with Crippen molar-refractivity contribution in [1.82, 2.24) is 10.2 Å². The Balaban J connectivity index is 1.66. The lowest BCUT2D eigenvalue weighted by Crippen LogP contribution is -2.71. The first-order valence-electron chi connectivity index (χ1n) is 9.16. The van der Waals surface area contributed by atoms with E-state index in [9.17, 15) is 19.7 Å². The van der Waals surface area contributed by atoms with E-state index in [-0.39, 0.29) is 41.1 Å². The lowest BCUT2D eigenvalue weighted by atomic mass is 9.68. The number of nitro benzene ring substituents is 1. The molecule has 4 aliphatic rings. The zero-order chi connectivity index (χ0) is 18.9. The van der Waals surface area contributed by atoms with Gasteiger partial charge in [-0.05, 0) is 49.5 Å². The summed E-state index contributed by atoms with van der Waals surface area (Å²) in [5.41, 5.74) is 0.263. The first-order valence-corrected chi connectivity index (χ1v) is 9.57. The first kappa shape index (κ1) is 16.6. The smallest absolute Gasteiger partial charge is 0.269 e. The number of hydrogen-bond acceptors (Lipinski definition) is 6. The summed E-state index contributed by atoms with van der Waals surface area (Å²) in [7, 11) is 0. The molecule has 3 fully saturated rings. The van der Waals surface area contributed by atoms with Crippen molar-refractivity contribution in [2.45, 2.75) is 44.2 Å². The number of nitrogens with zero attached hydrogens (tertiary/aromatic N) is 3. The summed E-state index contributed by atoms with van der Waals surface area (Å²) in [6, 6.07) is 4.54. The highest BCUT2D eigenvalue weighted by Crippen LogP contribution is 2.50. The predicted molar refractivity (Wildman–Crippen MR) is 100 cm³/mol. The van der Waals surface area contributed by atoms with Gasteiger partial charge < -0.3 is 10.2 Å². The van der Waals surface area contributed by atoms with Crippen LogP contribution in [0.2, 0.25) is 0 Å². The number of nitrogens with one attached hydrogen (secondary N) is 1. The topological polar surface area (TPSA) is 95.8 Å². The largest absolute Gasteiger partial charge is 0.367 e. The molecule has 27 heavy (non-hydrogen) atoms. The maximum absolute atomic E-state index is 13.6. The van der Waals surface area contributed by atoms with Gasteiger partial charge in [0.05, 0.1) is 11.0 Å². The van der Waals surface area contributed by atoms with Crippen molar-refractivity contribution in [1.29, 1.82) is 0 Å². The highest BCUT2D eigenvalue weighted by Gasteiger charge is 2.63. The molecule has 1 saturated carbocycles. The van der Waals surface area contributed by atoms with Gasteiger partial charge >= 0.3 is 0 Å². The zero-order valence-corrected chi connectivity index (χ0v) is 15.3. The summed E-state index contributed by atoms with van der Waals surface area (Å²) in [5.74, 6) is -0.615. The molecule has 0 unspecified atom stereocenters. The van der Waals surface area contributed by atoms with Crippen LogP contribution < -0.4 is 10.2 Å². The number of amides is 2. The number of fused-ring (bicyclic) bond motifs is 4. The van der Waals surface area contributed by atoms with Crippen molar-refractivity contribution >= 4 is 40.5 Å². The van der Waals surface area contributed by atoms with Gasteiger partial charge in [0.25, 0.3) is 5.69 Å². The molecule has 0 radical (unpaired) electrons. The molecule has 1 aromatic carbocycles. The van der Waals surface area contributed by atoms with Crippen LogP contribution >= 0.6 is 12.2 Å². The molecular weight excluding hydrogens is 368 g/mol. The van der Waals surface area contributed by atoms with Gasteiger partial charge in [0.2, 0.25) is 11.8 Å². The van der Waals surface area contributed by atoms with Crippen LogP contribution in [0.4, 0.5) is 11.4 Å². The Labute approximate surface area is 160 Å². The van der Waals surface area contributed by atoms with E-state index in [0.717, 1.165) is 37.9 Å². The molecule has 140 valence electrons. The van der Waals surface area contributed by atoms with Crippen molar-refractivity contribution in [3.05, 3.63) is 33.9 Å². The van der Waals surface area contributed by atoms with Crippen LogP contribution in [0.25, 0.3) is 0 Å². The Hall–Kier alpha value is -2.55. The average Bonchev–Trinajstić information content (AvgIpc) is 3.33. The fourth-order valence-electron chi connectivity index (χ4n) is 4.88. The maximum atomic E-state index is 13.6. The van der Waals surface area contributed by atoms with Crippen LogP contribution in [0.3, 0.4) is 0 Å². The number of rotatable bonds is 2. The van der Waals surface area contributed by atoms with Gasteiger partial charge in [-0.2, -0.15) is 0 Å². The summed E-state index contributed by atoms with van der Waals surface area (Å²) in [4.78, 5) is 41.2. The summed E-state index contributed by atoms with van der Waals surface area (Å²) >= 11 is 5.27. The van der Waals surface area contributed by atoms with Crippen molar-refractivity contribution in [3.8, 4) is 0 Å². The number of nitro groups is 1. The maximum Gasteiger partial charge on any atom is 0.269 e. The van der Waals surface area contributed by atoms with E-state index in [1.54, 1.807) is 11.0 Å². The summed E-state index contributed by atoms with van der Waals surface area (Å²) < 4.78 is 0. The third-order valence-corrected chi connectivity index (χ3v) is 6.53. The third kappa shape index (κ3) is 2.17.